The van der Waals surface area contributed by atoms with Crippen LogP contribution in [0.15, 0.2) is 39.3 Å². The van der Waals surface area contributed by atoms with Crippen molar-refractivity contribution in [1.29, 1.82) is 0 Å². The van der Waals surface area contributed by atoms with E-state index in [1.807, 2.05) is 0 Å². The van der Waals surface area contributed by atoms with E-state index in [0.29, 0.717) is 6.07 Å². The van der Waals surface area contributed by atoms with Gasteiger partial charge in [-0.2, -0.15) is 18.2 Å². The fourth-order valence-corrected chi connectivity index (χ4v) is 8.09. The van der Waals surface area contributed by atoms with Crippen molar-refractivity contribution in [3.8, 4) is 11.1 Å². The first-order valence-corrected chi connectivity index (χ1v) is 14.9. The van der Waals surface area contributed by atoms with E-state index in [4.69, 9.17) is 0 Å². The van der Waals surface area contributed by atoms with Gasteiger partial charge in [0.25, 0.3) is 0 Å². The Morgan fingerprint density at radius 3 is 2.33 bits per heavy atom. The molecule has 0 atom stereocenters. The fourth-order valence-electron chi connectivity index (χ4n) is 6.64. The summed E-state index contributed by atoms with van der Waals surface area (Å²) in [7, 11) is 0. The van der Waals surface area contributed by atoms with Crippen molar-refractivity contribution >= 4 is 51.2 Å². The highest BCUT2D eigenvalue weighted by molar-refractivity contribution is 7.99. The number of aromatic amines is 2. The first kappa shape index (κ1) is 29.3. The minimum atomic E-state index is -5.08. The number of carbonyl (C=O) groups is 2. The van der Waals surface area contributed by atoms with Gasteiger partial charge in [0.2, 0.25) is 5.91 Å². The van der Waals surface area contributed by atoms with Crippen LogP contribution in [0.3, 0.4) is 0 Å². The highest BCUT2D eigenvalue weighted by Crippen LogP contribution is 2.54. The van der Waals surface area contributed by atoms with E-state index < -0.39 is 62.3 Å². The average Bonchev–Trinajstić information content (AvgIpc) is 3.27. The van der Waals surface area contributed by atoms with E-state index in [1.165, 1.54) is 9.47 Å². The summed E-state index contributed by atoms with van der Waals surface area (Å²) in [6, 6.07) is 1.21. The Kier molecular flexibility index (Phi) is 6.51. The minimum absolute atomic E-state index is 0.00390. The Hall–Kier alpha value is -4.47. The second-order valence-corrected chi connectivity index (χ2v) is 12.6. The average molecular weight is 647 g/mol. The summed E-state index contributed by atoms with van der Waals surface area (Å²) in [5, 5.41) is -0.0271. The number of benzene rings is 2. The number of aromatic nitrogens is 4. The third-order valence-electron chi connectivity index (χ3n) is 8.69. The monoisotopic (exact) mass is 646 g/mol. The van der Waals surface area contributed by atoms with Crippen LogP contribution in [0.5, 0.6) is 0 Å². The van der Waals surface area contributed by atoms with Crippen molar-refractivity contribution in [3.05, 3.63) is 63.0 Å². The van der Waals surface area contributed by atoms with Crippen LogP contribution in [-0.4, -0.2) is 68.0 Å². The topological polar surface area (TPSA) is 124 Å². The van der Waals surface area contributed by atoms with Crippen LogP contribution in [0.2, 0.25) is 0 Å². The molecule has 2 aromatic heterocycles. The first-order valence-electron chi connectivity index (χ1n) is 13.9. The molecule has 2 fully saturated rings. The lowest BCUT2D eigenvalue weighted by atomic mass is 9.69. The number of H-pyrrole nitrogens is 2. The second-order valence-electron chi connectivity index (χ2n) is 11.6. The number of Topliss-reactive ketones (excluding diaryl/α,β-unsaturated/α-hetero) is 1. The van der Waals surface area contributed by atoms with Gasteiger partial charge in [0.15, 0.2) is 5.82 Å². The molecule has 2 aromatic carbocycles. The SMILES string of the molecule is C=CC(=O)N1CCN(c2nc(=O)n3c4c(c(-c5c(F)cc(F)c6[nH]c(=O)[nH]c56)c(C(F)(F)F)cc24)SCC2(CC(=O)C2)C3)CC1. The zero-order valence-electron chi connectivity index (χ0n) is 23.3. The summed E-state index contributed by atoms with van der Waals surface area (Å²) < 4.78 is 76.8. The Balaban J connectivity index is 1.56. The molecule has 1 spiro atoms. The highest BCUT2D eigenvalue weighted by Gasteiger charge is 2.47. The Bertz CT molecular complexity index is 2090. The van der Waals surface area contributed by atoms with Gasteiger partial charge in [-0.25, -0.2) is 18.4 Å². The molecule has 3 aliphatic rings. The van der Waals surface area contributed by atoms with Crippen LogP contribution >= 0.6 is 11.8 Å². The maximum atomic E-state index is 15.7. The van der Waals surface area contributed by atoms with Crippen molar-refractivity contribution in [1.82, 2.24) is 24.4 Å². The molecule has 0 unspecified atom stereocenters. The molecule has 2 aliphatic heterocycles. The molecule has 10 nitrogen and oxygen atoms in total. The van der Waals surface area contributed by atoms with Gasteiger partial charge in [-0.15, -0.1) is 11.8 Å². The molecule has 0 bridgehead atoms. The van der Waals surface area contributed by atoms with Crippen molar-refractivity contribution in [2.75, 3.05) is 36.8 Å². The maximum Gasteiger partial charge on any atom is 0.417 e. The summed E-state index contributed by atoms with van der Waals surface area (Å²) in [4.78, 5) is 61.8. The van der Waals surface area contributed by atoms with Gasteiger partial charge in [0, 0.05) is 84.2 Å². The summed E-state index contributed by atoms with van der Waals surface area (Å²) in [6.07, 6.45) is -3.71. The number of hydrogen-bond acceptors (Lipinski definition) is 7. The molecule has 4 aromatic rings. The van der Waals surface area contributed by atoms with Crippen LogP contribution in [0.4, 0.5) is 27.8 Å². The summed E-state index contributed by atoms with van der Waals surface area (Å²) in [5.41, 5.74) is -6.02. The number of alkyl halides is 3. The number of carbonyl (C=O) groups excluding carboxylic acids is 2. The van der Waals surface area contributed by atoms with E-state index in [0.717, 1.165) is 23.9 Å². The lowest BCUT2D eigenvalue weighted by Crippen LogP contribution is -2.49. The van der Waals surface area contributed by atoms with Crippen LogP contribution in [0.25, 0.3) is 33.1 Å². The molecule has 1 aliphatic carbocycles. The van der Waals surface area contributed by atoms with Gasteiger partial charge in [-0.05, 0) is 12.1 Å². The predicted octanol–water partition coefficient (Wildman–Crippen LogP) is 3.82. The van der Waals surface area contributed by atoms with Gasteiger partial charge in [0.05, 0.1) is 16.6 Å². The van der Waals surface area contributed by atoms with Crippen LogP contribution < -0.4 is 16.3 Å². The minimum Gasteiger partial charge on any atom is -0.352 e. The lowest BCUT2D eigenvalue weighted by molar-refractivity contribution is -0.137. The number of amides is 1. The number of ketones is 1. The third kappa shape index (κ3) is 4.56. The molecular formula is C29H23F5N6O4S. The number of imidazole rings is 1. The lowest BCUT2D eigenvalue weighted by Gasteiger charge is -2.39. The second kappa shape index (κ2) is 10.0. The van der Waals surface area contributed by atoms with Gasteiger partial charge in [0.1, 0.15) is 22.9 Å². The summed E-state index contributed by atoms with van der Waals surface area (Å²) >= 11 is 0.953. The molecule has 16 heteroatoms. The van der Waals surface area contributed by atoms with Crippen LogP contribution in [0.1, 0.15) is 18.4 Å². The summed E-state index contributed by atoms with van der Waals surface area (Å²) in [5.74, 6) is -2.79. The zero-order chi connectivity index (χ0) is 32.0. The molecule has 7 rings (SSSR count). The Morgan fingerprint density at radius 1 is 1.00 bits per heavy atom. The normalized spacial score (nSPS) is 18.0. The van der Waals surface area contributed by atoms with E-state index in [2.05, 4.69) is 21.5 Å². The third-order valence-corrected chi connectivity index (χ3v) is 10.1. The number of fused-ring (bicyclic) bond motifs is 1. The smallest absolute Gasteiger partial charge is 0.352 e. The number of nitrogens with one attached hydrogen (secondary N) is 2. The van der Waals surface area contributed by atoms with Gasteiger partial charge in [-0.3, -0.25) is 14.2 Å². The molecule has 4 heterocycles. The van der Waals surface area contributed by atoms with Gasteiger partial charge >= 0.3 is 17.6 Å². The molecule has 1 amide bonds. The number of hydrogen-bond donors (Lipinski definition) is 2. The predicted molar refractivity (Wildman–Crippen MR) is 155 cm³/mol. The fraction of sp³-hybridized carbons (Fsp3) is 0.345. The summed E-state index contributed by atoms with van der Waals surface area (Å²) in [6.45, 7) is 4.19. The van der Waals surface area contributed by atoms with E-state index >= 15 is 17.6 Å². The van der Waals surface area contributed by atoms with Crippen LogP contribution in [0, 0.1) is 17.0 Å². The molecule has 234 valence electrons. The van der Waals surface area contributed by atoms with Gasteiger partial charge < -0.3 is 19.8 Å². The Morgan fingerprint density at radius 2 is 1.69 bits per heavy atom. The van der Waals surface area contributed by atoms with Crippen molar-refractivity contribution < 1.29 is 31.5 Å². The first-order chi connectivity index (χ1) is 21.3. The van der Waals surface area contributed by atoms with Crippen molar-refractivity contribution in [3.63, 3.8) is 0 Å². The highest BCUT2D eigenvalue weighted by atomic mass is 32.2. The number of rotatable bonds is 3. The van der Waals surface area contributed by atoms with E-state index in [-0.39, 0.29) is 84.6 Å². The quantitative estimate of drug-likeness (QED) is 0.256. The molecule has 0 radical (unpaired) electrons. The number of piperazine rings is 1. The Labute approximate surface area is 253 Å². The molecule has 45 heavy (non-hydrogen) atoms. The zero-order valence-corrected chi connectivity index (χ0v) is 24.1. The molecule has 1 saturated heterocycles. The largest absolute Gasteiger partial charge is 0.417 e. The van der Waals surface area contributed by atoms with Gasteiger partial charge in [-0.1, -0.05) is 6.58 Å². The molecule has 1 saturated carbocycles. The number of nitrogens with zero attached hydrogens (tertiary/aromatic N) is 4. The molecular weight excluding hydrogens is 623 g/mol. The maximum absolute atomic E-state index is 15.7. The number of halogens is 5. The van der Waals surface area contributed by atoms with E-state index in [1.54, 1.807) is 4.90 Å². The number of thioether (sulfide) groups is 1. The molecule has 2 N–H and O–H groups in total. The van der Waals surface area contributed by atoms with Crippen LogP contribution in [-0.2, 0) is 22.3 Å². The van der Waals surface area contributed by atoms with E-state index in [9.17, 15) is 23.6 Å². The standard InChI is InChI=1S/C29H23F5N6O4S/c1-2-18(42)38-3-5-39(6-4-38)25-14-7-15(29(32,33)34)19(20-16(30)8-17(31)21-22(20)36-26(43)35-21)24-23(14)40(27(44)37-25)11-28(12-45-24)9-13(41)10-28/h2,7-8H,1,3-6,9-12H2,(H2,35,36,43). The van der Waals surface area contributed by atoms with Crippen molar-refractivity contribution in [2.45, 2.75) is 30.5 Å². The number of anilines is 1. The van der Waals surface area contributed by atoms with Crippen molar-refractivity contribution in [2.24, 2.45) is 5.41 Å².